The van der Waals surface area contributed by atoms with Gasteiger partial charge in [0.2, 0.25) is 10.0 Å². The summed E-state index contributed by atoms with van der Waals surface area (Å²) in [6, 6.07) is 1.04. The summed E-state index contributed by atoms with van der Waals surface area (Å²) in [4.78, 5) is 0. The first-order valence-corrected chi connectivity index (χ1v) is 6.81. The van der Waals surface area contributed by atoms with Crippen LogP contribution < -0.4 is 10.0 Å². The maximum absolute atomic E-state index is 11.6. The van der Waals surface area contributed by atoms with Crippen molar-refractivity contribution in [2.24, 2.45) is 0 Å². The van der Waals surface area contributed by atoms with Gasteiger partial charge in [0, 0.05) is 18.1 Å². The number of fused-ring (bicyclic) bond motifs is 2. The van der Waals surface area contributed by atoms with Crippen molar-refractivity contribution in [3.63, 3.8) is 0 Å². The van der Waals surface area contributed by atoms with Gasteiger partial charge in [-0.3, -0.25) is 0 Å². The van der Waals surface area contributed by atoms with Gasteiger partial charge in [0.15, 0.2) is 0 Å². The summed E-state index contributed by atoms with van der Waals surface area (Å²) in [5, 5.41) is 3.08. The van der Waals surface area contributed by atoms with E-state index in [0.717, 1.165) is 12.8 Å². The molecule has 0 amide bonds. The van der Waals surface area contributed by atoms with Gasteiger partial charge in [-0.1, -0.05) is 0 Å². The lowest BCUT2D eigenvalue weighted by Gasteiger charge is -2.22. The molecule has 0 aromatic rings. The third-order valence-electron chi connectivity index (χ3n) is 3.24. The summed E-state index contributed by atoms with van der Waals surface area (Å²) in [6.45, 7) is 3.42. The molecule has 2 aliphatic rings. The highest BCUT2D eigenvalue weighted by Gasteiger charge is 2.40. The van der Waals surface area contributed by atoms with Crippen LogP contribution in [0.5, 0.6) is 0 Å². The molecule has 14 heavy (non-hydrogen) atoms. The van der Waals surface area contributed by atoms with E-state index in [2.05, 4.69) is 10.0 Å². The van der Waals surface area contributed by atoms with Gasteiger partial charge in [-0.25, -0.2) is 13.1 Å². The van der Waals surface area contributed by atoms with Gasteiger partial charge >= 0.3 is 0 Å². The van der Waals surface area contributed by atoms with Crippen LogP contribution in [0.2, 0.25) is 0 Å². The largest absolute Gasteiger partial charge is 0.310 e. The number of hydrogen-bond acceptors (Lipinski definition) is 3. The van der Waals surface area contributed by atoms with Gasteiger partial charge in [-0.05, 0) is 33.1 Å². The van der Waals surface area contributed by atoms with Crippen molar-refractivity contribution in [1.29, 1.82) is 0 Å². The highest BCUT2D eigenvalue weighted by molar-refractivity contribution is 7.90. The van der Waals surface area contributed by atoms with Crippen molar-refractivity contribution in [3.8, 4) is 0 Å². The van der Waals surface area contributed by atoms with Gasteiger partial charge in [0.05, 0.1) is 5.25 Å². The van der Waals surface area contributed by atoms with E-state index in [9.17, 15) is 8.42 Å². The first kappa shape index (κ1) is 10.4. The lowest BCUT2D eigenvalue weighted by molar-refractivity contribution is 0.458. The minimum absolute atomic E-state index is 0.126. The third-order valence-corrected chi connectivity index (χ3v) is 5.11. The topological polar surface area (TPSA) is 58.2 Å². The maximum Gasteiger partial charge on any atom is 0.214 e. The second-order valence-electron chi connectivity index (χ2n) is 4.60. The Morgan fingerprint density at radius 2 is 2.07 bits per heavy atom. The Balaban J connectivity index is 1.99. The van der Waals surface area contributed by atoms with Crippen molar-refractivity contribution in [1.82, 2.24) is 10.0 Å². The van der Waals surface area contributed by atoms with Crippen molar-refractivity contribution in [3.05, 3.63) is 0 Å². The smallest absolute Gasteiger partial charge is 0.214 e. The molecule has 0 aliphatic carbocycles. The van der Waals surface area contributed by atoms with Crippen LogP contribution in [-0.4, -0.2) is 31.8 Å². The monoisotopic (exact) mass is 218 g/mol. The zero-order valence-corrected chi connectivity index (χ0v) is 9.47. The van der Waals surface area contributed by atoms with E-state index in [0.29, 0.717) is 12.1 Å². The fraction of sp³-hybridized carbons (Fsp3) is 1.00. The Kier molecular flexibility index (Phi) is 2.57. The molecule has 82 valence electrons. The van der Waals surface area contributed by atoms with E-state index >= 15 is 0 Å². The van der Waals surface area contributed by atoms with E-state index in [-0.39, 0.29) is 11.3 Å². The van der Waals surface area contributed by atoms with Crippen LogP contribution in [0.3, 0.4) is 0 Å². The van der Waals surface area contributed by atoms with Gasteiger partial charge in [0.25, 0.3) is 0 Å². The minimum Gasteiger partial charge on any atom is -0.310 e. The summed E-state index contributed by atoms with van der Waals surface area (Å²) in [5.41, 5.74) is 0. The molecule has 0 saturated carbocycles. The molecule has 2 aliphatic heterocycles. The predicted octanol–water partition coefficient (Wildman–Crippen LogP) is 0.207. The summed E-state index contributed by atoms with van der Waals surface area (Å²) >= 11 is 0. The van der Waals surface area contributed by atoms with E-state index in [1.54, 1.807) is 13.8 Å². The highest BCUT2D eigenvalue weighted by atomic mass is 32.2. The highest BCUT2D eigenvalue weighted by Crippen LogP contribution is 2.28. The lowest BCUT2D eigenvalue weighted by Crippen LogP contribution is -2.45. The first-order valence-electron chi connectivity index (χ1n) is 5.26. The second kappa shape index (κ2) is 3.47. The Hall–Kier alpha value is -0.130. The van der Waals surface area contributed by atoms with Gasteiger partial charge in [0.1, 0.15) is 0 Å². The molecule has 5 heteroatoms. The van der Waals surface area contributed by atoms with Crippen LogP contribution in [-0.2, 0) is 10.0 Å². The van der Waals surface area contributed by atoms with Gasteiger partial charge in [-0.15, -0.1) is 0 Å². The van der Waals surface area contributed by atoms with Gasteiger partial charge in [-0.2, -0.15) is 0 Å². The number of rotatable bonds is 3. The predicted molar refractivity (Wildman–Crippen MR) is 55.5 cm³/mol. The molecular formula is C9H18N2O2S. The number of nitrogens with one attached hydrogen (secondary N) is 2. The van der Waals surface area contributed by atoms with Crippen LogP contribution >= 0.6 is 0 Å². The molecule has 2 bridgehead atoms. The van der Waals surface area contributed by atoms with E-state index in [4.69, 9.17) is 0 Å². The molecule has 0 spiro atoms. The summed E-state index contributed by atoms with van der Waals surface area (Å²) in [7, 11) is -3.09. The molecule has 0 aromatic heterocycles. The lowest BCUT2D eigenvalue weighted by atomic mass is 9.96. The quantitative estimate of drug-likeness (QED) is 0.712. The maximum atomic E-state index is 11.6. The fourth-order valence-corrected chi connectivity index (χ4v) is 3.26. The molecule has 2 N–H and O–H groups in total. The van der Waals surface area contributed by atoms with Crippen LogP contribution in [0, 0.1) is 0 Å². The van der Waals surface area contributed by atoms with Gasteiger partial charge < -0.3 is 5.32 Å². The molecule has 2 heterocycles. The molecule has 4 nitrogen and oxygen atoms in total. The summed E-state index contributed by atoms with van der Waals surface area (Å²) < 4.78 is 26.0. The van der Waals surface area contributed by atoms with Crippen molar-refractivity contribution in [2.75, 3.05) is 0 Å². The van der Waals surface area contributed by atoms with Crippen LogP contribution in [0.4, 0.5) is 0 Å². The fourth-order valence-electron chi connectivity index (χ4n) is 2.30. The summed E-state index contributed by atoms with van der Waals surface area (Å²) in [5.74, 6) is 0. The Labute approximate surface area is 85.5 Å². The zero-order chi connectivity index (χ0) is 10.3. The van der Waals surface area contributed by atoms with E-state index in [1.807, 2.05) is 0 Å². The average Bonchev–Trinajstić information content (AvgIpc) is 2.63. The Bertz CT molecular complexity index is 313. The zero-order valence-electron chi connectivity index (χ0n) is 8.66. The second-order valence-corrected chi connectivity index (χ2v) is 6.87. The van der Waals surface area contributed by atoms with Crippen molar-refractivity contribution < 1.29 is 8.42 Å². The Morgan fingerprint density at radius 3 is 2.50 bits per heavy atom. The van der Waals surface area contributed by atoms with Crippen molar-refractivity contribution in [2.45, 2.75) is 56.5 Å². The normalized spacial score (nSPS) is 36.9. The minimum atomic E-state index is -3.09. The summed E-state index contributed by atoms with van der Waals surface area (Å²) in [6.07, 6.45) is 3.26. The molecule has 3 atom stereocenters. The molecular weight excluding hydrogens is 200 g/mol. The van der Waals surface area contributed by atoms with Crippen LogP contribution in [0.15, 0.2) is 0 Å². The number of sulfonamides is 1. The number of hydrogen-bond donors (Lipinski definition) is 2. The SMILES string of the molecule is CC(C)S(=O)(=O)NC1CC2CCC1N2. The van der Waals surface area contributed by atoms with Crippen molar-refractivity contribution >= 4 is 10.0 Å². The molecule has 2 saturated heterocycles. The molecule has 0 aromatic carbocycles. The molecule has 3 unspecified atom stereocenters. The van der Waals surface area contributed by atoms with E-state index < -0.39 is 10.0 Å². The van der Waals surface area contributed by atoms with Crippen LogP contribution in [0.1, 0.15) is 33.1 Å². The molecule has 0 radical (unpaired) electrons. The first-order chi connectivity index (χ1) is 6.49. The molecule has 2 rings (SSSR count). The standard InChI is InChI=1S/C9H18N2O2S/c1-6(2)14(12,13)11-9-5-7-3-4-8(9)10-7/h6-11H,3-5H2,1-2H3. The average molecular weight is 218 g/mol. The third kappa shape index (κ3) is 1.81. The Morgan fingerprint density at radius 1 is 1.36 bits per heavy atom. The molecule has 2 fully saturated rings. The van der Waals surface area contributed by atoms with E-state index in [1.165, 1.54) is 6.42 Å². The van der Waals surface area contributed by atoms with Crippen LogP contribution in [0.25, 0.3) is 0 Å².